The first-order valence-electron chi connectivity index (χ1n) is 21.8. The van der Waals surface area contributed by atoms with E-state index in [1.807, 2.05) is 12.1 Å². The van der Waals surface area contributed by atoms with Crippen LogP contribution in [0.25, 0.3) is 98.8 Å². The second kappa shape index (κ2) is 14.7. The molecular formula is C59H39N3O2. The van der Waals surface area contributed by atoms with Crippen molar-refractivity contribution in [1.29, 1.82) is 0 Å². The summed E-state index contributed by atoms with van der Waals surface area (Å²) in [6.45, 7) is 0. The van der Waals surface area contributed by atoms with E-state index in [4.69, 9.17) is 13.8 Å². The van der Waals surface area contributed by atoms with Crippen LogP contribution in [0, 0.1) is 0 Å². The topological polar surface area (TPSA) is 62.7 Å². The van der Waals surface area contributed by atoms with Gasteiger partial charge in [0.05, 0.1) is 0 Å². The van der Waals surface area contributed by atoms with E-state index in [0.29, 0.717) is 0 Å². The number of furan rings is 2. The molecule has 10 aromatic carbocycles. The highest BCUT2D eigenvalue weighted by Gasteiger charge is 2.30. The lowest BCUT2D eigenvalue weighted by molar-refractivity contribution is 0.411. The van der Waals surface area contributed by atoms with Gasteiger partial charge in [-0.05, 0) is 121 Å². The zero-order chi connectivity index (χ0) is 42.1. The number of nitrogens with zero attached hydrogens (tertiary/aromatic N) is 1. The number of nitrogens with one attached hydrogen (secondary N) is 2. The molecule has 2 N–H and O–H groups in total. The Kier molecular flexibility index (Phi) is 8.36. The molecule has 5 nitrogen and oxygen atoms in total. The maximum Gasteiger partial charge on any atom is 0.136 e. The maximum atomic E-state index is 6.93. The quantitative estimate of drug-likeness (QED) is 0.175. The summed E-state index contributed by atoms with van der Waals surface area (Å²) in [4.78, 5) is 5.44. The van der Waals surface area contributed by atoms with Crippen LogP contribution in [0.4, 0.5) is 0 Å². The summed E-state index contributed by atoms with van der Waals surface area (Å²) in [5, 5.41) is 16.9. The van der Waals surface area contributed by atoms with Crippen molar-refractivity contribution in [3.05, 3.63) is 229 Å². The molecule has 12 aromatic rings. The van der Waals surface area contributed by atoms with E-state index in [9.17, 15) is 0 Å². The molecule has 5 heteroatoms. The van der Waals surface area contributed by atoms with E-state index in [0.717, 1.165) is 116 Å². The van der Waals surface area contributed by atoms with Crippen molar-refractivity contribution >= 4 is 71.3 Å². The molecule has 64 heavy (non-hydrogen) atoms. The van der Waals surface area contributed by atoms with Crippen molar-refractivity contribution in [3.63, 3.8) is 0 Å². The van der Waals surface area contributed by atoms with Crippen molar-refractivity contribution in [1.82, 2.24) is 10.6 Å². The number of hydrogen-bond acceptors (Lipinski definition) is 5. The Balaban J connectivity index is 1.04. The summed E-state index contributed by atoms with van der Waals surface area (Å²) in [5.41, 5.74) is 13.2. The highest BCUT2D eigenvalue weighted by molar-refractivity contribution is 6.13. The monoisotopic (exact) mass is 821 g/mol. The Morgan fingerprint density at radius 3 is 1.69 bits per heavy atom. The molecule has 0 aliphatic carbocycles. The van der Waals surface area contributed by atoms with Crippen LogP contribution in [-0.4, -0.2) is 5.84 Å². The second-order valence-electron chi connectivity index (χ2n) is 16.8. The first-order chi connectivity index (χ1) is 31.6. The minimum atomic E-state index is -0.408. The fourth-order valence-electron chi connectivity index (χ4n) is 9.69. The predicted molar refractivity (Wildman–Crippen MR) is 263 cm³/mol. The molecule has 0 radical (unpaired) electrons. The largest absolute Gasteiger partial charge is 0.456 e. The number of amidine groups is 1. The van der Waals surface area contributed by atoms with Gasteiger partial charge in [-0.1, -0.05) is 152 Å². The van der Waals surface area contributed by atoms with Gasteiger partial charge in [0.2, 0.25) is 0 Å². The summed E-state index contributed by atoms with van der Waals surface area (Å²) in [7, 11) is 0. The third-order valence-electron chi connectivity index (χ3n) is 12.9. The van der Waals surface area contributed by atoms with Gasteiger partial charge in [0.25, 0.3) is 0 Å². The fraction of sp³-hybridized carbons (Fsp3) is 0.0339. The third kappa shape index (κ3) is 6.25. The molecule has 0 spiro atoms. The summed E-state index contributed by atoms with van der Waals surface area (Å²) in [6.07, 6.45) is -0.787. The number of para-hydroxylation sites is 1. The highest BCUT2D eigenvalue weighted by Crippen LogP contribution is 2.42. The zero-order valence-electron chi connectivity index (χ0n) is 34.6. The number of hydrogen-bond donors (Lipinski definition) is 2. The Morgan fingerprint density at radius 2 is 0.938 bits per heavy atom. The molecule has 0 fully saturated rings. The Morgan fingerprint density at radius 1 is 0.359 bits per heavy atom. The van der Waals surface area contributed by atoms with Crippen LogP contribution in [0.15, 0.2) is 226 Å². The van der Waals surface area contributed by atoms with Crippen molar-refractivity contribution in [2.24, 2.45) is 4.99 Å². The Labute approximate surface area is 368 Å². The second-order valence-corrected chi connectivity index (χ2v) is 16.8. The lowest BCUT2D eigenvalue weighted by atomic mass is 9.91. The van der Waals surface area contributed by atoms with Crippen LogP contribution in [0.2, 0.25) is 0 Å². The van der Waals surface area contributed by atoms with Crippen LogP contribution in [-0.2, 0) is 0 Å². The van der Waals surface area contributed by atoms with Crippen LogP contribution >= 0.6 is 0 Å². The van der Waals surface area contributed by atoms with Crippen molar-refractivity contribution in [3.8, 4) is 33.4 Å². The van der Waals surface area contributed by atoms with E-state index in [1.165, 1.54) is 5.39 Å². The van der Waals surface area contributed by atoms with Crippen LogP contribution in [0.5, 0.6) is 0 Å². The summed E-state index contributed by atoms with van der Waals surface area (Å²) in [5.74, 6) is 0.804. The van der Waals surface area contributed by atoms with Crippen molar-refractivity contribution in [2.45, 2.75) is 12.3 Å². The molecule has 0 saturated carbocycles. The smallest absolute Gasteiger partial charge is 0.136 e. The van der Waals surface area contributed by atoms with Gasteiger partial charge in [-0.3, -0.25) is 5.32 Å². The average Bonchev–Trinajstić information content (AvgIpc) is 3.92. The van der Waals surface area contributed by atoms with Crippen molar-refractivity contribution in [2.75, 3.05) is 0 Å². The summed E-state index contributed by atoms with van der Waals surface area (Å²) < 4.78 is 13.4. The van der Waals surface area contributed by atoms with Gasteiger partial charge in [-0.25, -0.2) is 4.99 Å². The molecule has 1 aliphatic heterocycles. The van der Waals surface area contributed by atoms with Gasteiger partial charge in [0.15, 0.2) is 0 Å². The Hall–Kier alpha value is -8.25. The third-order valence-corrected chi connectivity index (χ3v) is 12.9. The molecule has 3 heterocycles. The molecule has 2 atom stereocenters. The van der Waals surface area contributed by atoms with E-state index < -0.39 is 6.17 Å². The molecule has 0 amide bonds. The number of rotatable bonds is 6. The van der Waals surface area contributed by atoms with Crippen LogP contribution in [0.3, 0.4) is 0 Å². The van der Waals surface area contributed by atoms with Gasteiger partial charge in [0.1, 0.15) is 40.5 Å². The van der Waals surface area contributed by atoms with Gasteiger partial charge >= 0.3 is 0 Å². The Bertz CT molecular complexity index is 3750. The van der Waals surface area contributed by atoms with Gasteiger partial charge in [-0.15, -0.1) is 0 Å². The predicted octanol–water partition coefficient (Wildman–Crippen LogP) is 15.1. The number of benzene rings is 10. The molecule has 0 saturated heterocycles. The lowest BCUT2D eigenvalue weighted by Crippen LogP contribution is -2.45. The normalized spacial score (nSPS) is 15.3. The summed E-state index contributed by atoms with van der Waals surface area (Å²) >= 11 is 0. The molecule has 13 rings (SSSR count). The molecular weight excluding hydrogens is 783 g/mol. The van der Waals surface area contributed by atoms with E-state index in [1.54, 1.807) is 0 Å². The summed E-state index contributed by atoms with van der Waals surface area (Å²) in [6, 6.07) is 75.4. The van der Waals surface area contributed by atoms with Gasteiger partial charge < -0.3 is 14.2 Å². The van der Waals surface area contributed by atoms with Gasteiger partial charge in [-0.2, -0.15) is 0 Å². The highest BCUT2D eigenvalue weighted by atomic mass is 16.3. The first-order valence-corrected chi connectivity index (χ1v) is 21.8. The minimum absolute atomic E-state index is 0.379. The molecule has 2 unspecified atom stereocenters. The molecule has 1 aliphatic rings. The maximum absolute atomic E-state index is 6.93. The SMILES string of the molecule is c1ccc(-c2cc(-c3ccccc3)cc(-c3cc(C4NC(c5ccc6ccccc6c5)=NC(c5ccc6c(c5)oc5ccccc56)N4)c4c(c3)oc3cc5ccccc5cc34)c2)cc1. The minimum Gasteiger partial charge on any atom is -0.456 e. The average molecular weight is 822 g/mol. The van der Waals surface area contributed by atoms with E-state index >= 15 is 0 Å². The first kappa shape index (κ1) is 36.4. The lowest BCUT2D eigenvalue weighted by Gasteiger charge is -2.33. The number of fused-ring (bicyclic) bond motifs is 8. The van der Waals surface area contributed by atoms with Crippen LogP contribution < -0.4 is 10.6 Å². The van der Waals surface area contributed by atoms with Crippen molar-refractivity contribution < 1.29 is 8.83 Å². The molecule has 2 aromatic heterocycles. The number of aliphatic imine (C=N–C) groups is 1. The van der Waals surface area contributed by atoms with E-state index in [-0.39, 0.29) is 6.17 Å². The molecule has 302 valence electrons. The van der Waals surface area contributed by atoms with E-state index in [2.05, 4.69) is 211 Å². The zero-order valence-corrected chi connectivity index (χ0v) is 34.6. The van der Waals surface area contributed by atoms with Gasteiger partial charge in [0, 0.05) is 32.7 Å². The molecule has 0 bridgehead atoms. The van der Waals surface area contributed by atoms with Crippen LogP contribution in [0.1, 0.15) is 29.0 Å². The fourth-order valence-corrected chi connectivity index (χ4v) is 9.69. The standard InChI is InChI=1S/C59H39N3O2/c1-3-13-36(14-4-1)44-28-45(37-15-5-2-6-16-37)30-46(29-44)47-32-51(56-50-31-40-19-9-10-20-41(40)33-54(50)64-55(56)35-47)59-61-57(42-24-23-38-17-7-8-18-39(38)27-42)60-58(62-59)43-25-26-49-48-21-11-12-22-52(48)63-53(49)34-43/h1-35,58-59,62H,(H,60,61).